The molecule has 2 atom stereocenters. The first-order valence-electron chi connectivity index (χ1n) is 6.69. The Morgan fingerprint density at radius 2 is 2.37 bits per heavy atom. The molecule has 0 aliphatic heterocycles. The fourth-order valence-corrected chi connectivity index (χ4v) is 3.72. The fourth-order valence-electron chi connectivity index (χ4n) is 2.87. The van der Waals surface area contributed by atoms with Crippen molar-refractivity contribution in [3.05, 3.63) is 33.4 Å². The summed E-state index contributed by atoms with van der Waals surface area (Å²) in [4.78, 5) is 12.4. The van der Waals surface area contributed by atoms with Crippen LogP contribution in [-0.4, -0.2) is 17.3 Å². The van der Waals surface area contributed by atoms with Gasteiger partial charge < -0.3 is 5.32 Å². The van der Waals surface area contributed by atoms with Crippen molar-refractivity contribution in [3.8, 4) is 0 Å². The third kappa shape index (κ3) is 3.85. The van der Waals surface area contributed by atoms with E-state index >= 15 is 0 Å². The SMILES string of the molecule is CC1CCCC(CCl)(NC(=O)c2cccc(I)c2)C1. The molecule has 0 aromatic heterocycles. The zero-order valence-corrected chi connectivity index (χ0v) is 14.0. The summed E-state index contributed by atoms with van der Waals surface area (Å²) in [5.74, 6) is 1.12. The number of hydrogen-bond donors (Lipinski definition) is 1. The molecule has 0 radical (unpaired) electrons. The first kappa shape index (κ1) is 15.1. The summed E-state index contributed by atoms with van der Waals surface area (Å²) in [6, 6.07) is 7.65. The number of carbonyl (C=O) groups is 1. The third-order valence-corrected chi connectivity index (χ3v) is 5.00. The molecule has 1 amide bonds. The number of amides is 1. The van der Waals surface area contributed by atoms with Gasteiger partial charge in [-0.3, -0.25) is 4.79 Å². The van der Waals surface area contributed by atoms with Gasteiger partial charge in [0, 0.05) is 15.0 Å². The second-order valence-corrected chi connectivity index (χ2v) is 7.09. The normalized spacial score (nSPS) is 27.0. The average Bonchev–Trinajstić information content (AvgIpc) is 2.38. The molecule has 1 N–H and O–H groups in total. The minimum absolute atomic E-state index is 0.00624. The quantitative estimate of drug-likeness (QED) is 0.607. The molecule has 1 aromatic carbocycles. The maximum atomic E-state index is 12.4. The molecule has 1 aromatic rings. The summed E-state index contributed by atoms with van der Waals surface area (Å²) in [6.45, 7) is 2.23. The molecular weight excluding hydrogens is 373 g/mol. The topological polar surface area (TPSA) is 29.1 Å². The summed E-state index contributed by atoms with van der Waals surface area (Å²) in [5.41, 5.74) is 0.493. The molecule has 1 aliphatic carbocycles. The van der Waals surface area contributed by atoms with Gasteiger partial charge in [-0.25, -0.2) is 0 Å². The van der Waals surface area contributed by atoms with Gasteiger partial charge in [0.15, 0.2) is 0 Å². The molecular formula is C15H19ClINO. The average molecular weight is 392 g/mol. The van der Waals surface area contributed by atoms with Crippen LogP contribution in [0.1, 0.15) is 43.0 Å². The van der Waals surface area contributed by atoms with Crippen LogP contribution in [0, 0.1) is 9.49 Å². The lowest BCUT2D eigenvalue weighted by Crippen LogP contribution is -2.52. The molecule has 19 heavy (non-hydrogen) atoms. The number of alkyl halides is 1. The van der Waals surface area contributed by atoms with E-state index in [2.05, 4.69) is 34.8 Å². The van der Waals surface area contributed by atoms with Crippen molar-refractivity contribution in [1.82, 2.24) is 5.32 Å². The number of benzene rings is 1. The molecule has 0 saturated heterocycles. The highest BCUT2D eigenvalue weighted by Gasteiger charge is 2.35. The summed E-state index contributed by atoms with van der Waals surface area (Å²) in [7, 11) is 0. The van der Waals surface area contributed by atoms with E-state index in [1.165, 1.54) is 6.42 Å². The van der Waals surface area contributed by atoms with Gasteiger partial charge in [0.2, 0.25) is 0 Å². The van der Waals surface area contributed by atoms with Crippen molar-refractivity contribution in [3.63, 3.8) is 0 Å². The van der Waals surface area contributed by atoms with Crippen LogP contribution in [0.3, 0.4) is 0 Å². The summed E-state index contributed by atoms with van der Waals surface area (Å²) in [6.07, 6.45) is 4.33. The van der Waals surface area contributed by atoms with Crippen LogP contribution in [0.15, 0.2) is 24.3 Å². The Labute approximate surface area is 133 Å². The zero-order chi connectivity index (χ0) is 13.9. The van der Waals surface area contributed by atoms with Crippen LogP contribution in [-0.2, 0) is 0 Å². The second kappa shape index (κ2) is 6.44. The van der Waals surface area contributed by atoms with Gasteiger partial charge >= 0.3 is 0 Å². The Hall–Kier alpha value is -0.290. The molecule has 1 fully saturated rings. The first-order chi connectivity index (χ1) is 9.04. The molecule has 1 saturated carbocycles. The smallest absolute Gasteiger partial charge is 0.251 e. The molecule has 2 nitrogen and oxygen atoms in total. The zero-order valence-electron chi connectivity index (χ0n) is 11.1. The van der Waals surface area contributed by atoms with Crippen LogP contribution in [0.2, 0.25) is 0 Å². The van der Waals surface area contributed by atoms with Crippen LogP contribution in [0.25, 0.3) is 0 Å². The van der Waals surface area contributed by atoms with Gasteiger partial charge in [-0.1, -0.05) is 25.8 Å². The van der Waals surface area contributed by atoms with E-state index < -0.39 is 0 Å². The van der Waals surface area contributed by atoms with E-state index in [-0.39, 0.29) is 11.4 Å². The third-order valence-electron chi connectivity index (χ3n) is 3.81. The van der Waals surface area contributed by atoms with E-state index in [9.17, 15) is 4.79 Å². The Balaban J connectivity index is 2.12. The molecule has 4 heteroatoms. The van der Waals surface area contributed by atoms with Gasteiger partial charge in [-0.2, -0.15) is 0 Å². The minimum atomic E-state index is -0.225. The Morgan fingerprint density at radius 1 is 1.58 bits per heavy atom. The lowest BCUT2D eigenvalue weighted by molar-refractivity contribution is 0.0867. The fraction of sp³-hybridized carbons (Fsp3) is 0.533. The molecule has 1 aliphatic rings. The number of nitrogens with one attached hydrogen (secondary N) is 1. The predicted octanol–water partition coefficient (Wildman–Crippen LogP) is 4.21. The Bertz CT molecular complexity index is 465. The van der Waals surface area contributed by atoms with Crippen LogP contribution in [0.4, 0.5) is 0 Å². The van der Waals surface area contributed by atoms with Gasteiger partial charge in [0.05, 0.1) is 5.54 Å². The molecule has 104 valence electrons. The largest absolute Gasteiger partial charge is 0.345 e. The predicted molar refractivity (Wildman–Crippen MR) is 87.7 cm³/mol. The van der Waals surface area contributed by atoms with Crippen molar-refractivity contribution in [2.45, 2.75) is 38.1 Å². The molecule has 0 spiro atoms. The monoisotopic (exact) mass is 391 g/mol. The van der Waals surface area contributed by atoms with E-state index in [1.807, 2.05) is 24.3 Å². The summed E-state index contributed by atoms with van der Waals surface area (Å²) < 4.78 is 1.07. The van der Waals surface area contributed by atoms with Gasteiger partial charge in [0.1, 0.15) is 0 Å². The number of hydrogen-bond acceptors (Lipinski definition) is 1. The van der Waals surface area contributed by atoms with E-state index in [0.29, 0.717) is 11.8 Å². The summed E-state index contributed by atoms with van der Waals surface area (Å²) in [5, 5.41) is 3.18. The maximum Gasteiger partial charge on any atom is 0.251 e. The van der Waals surface area contributed by atoms with Gasteiger partial charge in [-0.05, 0) is 59.5 Å². The van der Waals surface area contributed by atoms with E-state index in [0.717, 1.165) is 28.4 Å². The van der Waals surface area contributed by atoms with Crippen molar-refractivity contribution in [2.24, 2.45) is 5.92 Å². The van der Waals surface area contributed by atoms with Crippen molar-refractivity contribution in [2.75, 3.05) is 5.88 Å². The van der Waals surface area contributed by atoms with Crippen LogP contribution < -0.4 is 5.32 Å². The van der Waals surface area contributed by atoms with Crippen LogP contribution in [0.5, 0.6) is 0 Å². The van der Waals surface area contributed by atoms with Crippen LogP contribution >= 0.6 is 34.2 Å². The second-order valence-electron chi connectivity index (χ2n) is 5.58. The number of halogens is 2. The lowest BCUT2D eigenvalue weighted by Gasteiger charge is -2.39. The van der Waals surface area contributed by atoms with Gasteiger partial charge in [0.25, 0.3) is 5.91 Å². The Morgan fingerprint density at radius 3 is 3.00 bits per heavy atom. The first-order valence-corrected chi connectivity index (χ1v) is 8.30. The Kier molecular flexibility index (Phi) is 5.12. The van der Waals surface area contributed by atoms with E-state index in [1.54, 1.807) is 0 Å². The highest BCUT2D eigenvalue weighted by Crippen LogP contribution is 2.33. The van der Waals surface area contributed by atoms with Crippen molar-refractivity contribution < 1.29 is 4.79 Å². The molecule has 0 bridgehead atoms. The standard InChI is InChI=1S/C15H19ClINO/c1-11-4-3-7-15(9-11,10-16)18-14(19)12-5-2-6-13(17)8-12/h2,5-6,8,11H,3-4,7,9-10H2,1H3,(H,18,19). The highest BCUT2D eigenvalue weighted by molar-refractivity contribution is 14.1. The molecule has 0 heterocycles. The number of carbonyl (C=O) groups excluding carboxylic acids is 1. The minimum Gasteiger partial charge on any atom is -0.345 e. The molecule has 2 rings (SSSR count). The lowest BCUT2D eigenvalue weighted by atomic mass is 9.77. The summed E-state index contributed by atoms with van der Waals surface area (Å²) >= 11 is 8.37. The maximum absolute atomic E-state index is 12.4. The number of rotatable bonds is 3. The van der Waals surface area contributed by atoms with Gasteiger partial charge in [-0.15, -0.1) is 11.6 Å². The van der Waals surface area contributed by atoms with E-state index in [4.69, 9.17) is 11.6 Å². The van der Waals surface area contributed by atoms with Crippen molar-refractivity contribution >= 4 is 40.1 Å². The highest BCUT2D eigenvalue weighted by atomic mass is 127. The molecule has 2 unspecified atom stereocenters. The van der Waals surface area contributed by atoms with Crippen molar-refractivity contribution in [1.29, 1.82) is 0 Å².